The number of anilines is 1. The number of halogens is 3. The van der Waals surface area contributed by atoms with Gasteiger partial charge in [-0.1, -0.05) is 41.4 Å². The summed E-state index contributed by atoms with van der Waals surface area (Å²) in [4.78, 5) is 27.3. The van der Waals surface area contributed by atoms with Gasteiger partial charge in [-0.05, 0) is 49.7 Å². The summed E-state index contributed by atoms with van der Waals surface area (Å²) in [5, 5.41) is 11.5. The highest BCUT2D eigenvalue weighted by molar-refractivity contribution is 6.51. The lowest BCUT2D eigenvalue weighted by atomic mass is 9.94. The summed E-state index contributed by atoms with van der Waals surface area (Å²) in [5.41, 5.74) is 1.37. The second-order valence-electron chi connectivity index (χ2n) is 7.76. The van der Waals surface area contributed by atoms with Crippen LogP contribution in [-0.4, -0.2) is 23.4 Å². The Balaban J connectivity index is 1.95. The molecule has 3 aromatic carbocycles. The second kappa shape index (κ2) is 9.27. The van der Waals surface area contributed by atoms with Crippen molar-refractivity contribution in [2.75, 3.05) is 11.5 Å². The van der Waals surface area contributed by atoms with Crippen molar-refractivity contribution in [3.05, 3.63) is 99.6 Å². The van der Waals surface area contributed by atoms with Crippen molar-refractivity contribution in [3.8, 4) is 5.75 Å². The summed E-state index contributed by atoms with van der Waals surface area (Å²) in [7, 11) is 0. The number of benzene rings is 3. The normalized spacial score (nSPS) is 17.3. The van der Waals surface area contributed by atoms with Crippen molar-refractivity contribution in [2.24, 2.45) is 0 Å². The smallest absolute Gasteiger partial charge is 0.300 e. The fourth-order valence-corrected chi connectivity index (χ4v) is 4.13. The number of hydrogen-bond acceptors (Lipinski definition) is 4. The molecule has 0 bridgehead atoms. The molecule has 1 aliphatic heterocycles. The molecular formula is C26H20ClF2NO4. The van der Waals surface area contributed by atoms with Crippen LogP contribution < -0.4 is 9.64 Å². The van der Waals surface area contributed by atoms with E-state index in [9.17, 15) is 23.5 Å². The first-order valence-electron chi connectivity index (χ1n) is 10.5. The van der Waals surface area contributed by atoms with Gasteiger partial charge in [-0.15, -0.1) is 0 Å². The van der Waals surface area contributed by atoms with Crippen LogP contribution in [0.3, 0.4) is 0 Å². The first kappa shape index (κ1) is 23.4. The number of amides is 1. The Bertz CT molecular complexity index is 1340. The maximum atomic E-state index is 14.0. The quantitative estimate of drug-likeness (QED) is 0.276. The Hall–Kier alpha value is -3.71. The first-order valence-corrected chi connectivity index (χ1v) is 10.9. The van der Waals surface area contributed by atoms with E-state index in [0.717, 1.165) is 22.6 Å². The second-order valence-corrected chi connectivity index (χ2v) is 8.17. The van der Waals surface area contributed by atoms with Crippen molar-refractivity contribution < 1.29 is 28.2 Å². The lowest BCUT2D eigenvalue weighted by Crippen LogP contribution is -2.29. The van der Waals surface area contributed by atoms with E-state index < -0.39 is 35.1 Å². The first-order chi connectivity index (χ1) is 16.2. The molecule has 4 rings (SSSR count). The average molecular weight is 484 g/mol. The summed E-state index contributed by atoms with van der Waals surface area (Å²) in [5.74, 6) is -4.32. The lowest BCUT2D eigenvalue weighted by Gasteiger charge is -2.26. The van der Waals surface area contributed by atoms with E-state index in [-0.39, 0.29) is 16.8 Å². The molecule has 174 valence electrons. The number of aliphatic hydroxyl groups is 1. The van der Waals surface area contributed by atoms with Gasteiger partial charge >= 0.3 is 0 Å². The molecular weight excluding hydrogens is 464 g/mol. The van der Waals surface area contributed by atoms with E-state index in [0.29, 0.717) is 22.9 Å². The van der Waals surface area contributed by atoms with E-state index in [4.69, 9.17) is 16.3 Å². The fraction of sp³-hybridized carbons (Fsp3) is 0.154. The molecule has 1 amide bonds. The Morgan fingerprint density at radius 2 is 1.82 bits per heavy atom. The molecule has 5 nitrogen and oxygen atoms in total. The van der Waals surface area contributed by atoms with Crippen molar-refractivity contribution in [2.45, 2.75) is 19.9 Å². The molecule has 1 atom stereocenters. The SMILES string of the molecule is CCOc1cc(/C(O)=C2\C(=O)C(=O)N(c3ccc(F)c(F)c3)C2c2cccc(C)c2)ccc1Cl. The van der Waals surface area contributed by atoms with Gasteiger partial charge in [0.2, 0.25) is 0 Å². The minimum atomic E-state index is -1.17. The minimum absolute atomic E-state index is 0.0160. The largest absolute Gasteiger partial charge is 0.507 e. The van der Waals surface area contributed by atoms with Gasteiger partial charge in [-0.3, -0.25) is 14.5 Å². The minimum Gasteiger partial charge on any atom is -0.507 e. The monoisotopic (exact) mass is 483 g/mol. The van der Waals surface area contributed by atoms with Gasteiger partial charge in [0.1, 0.15) is 11.5 Å². The number of Topliss-reactive ketones (excluding diaryl/α,β-unsaturated/α-hetero) is 1. The number of nitrogens with zero attached hydrogens (tertiary/aromatic N) is 1. The highest BCUT2D eigenvalue weighted by atomic mass is 35.5. The Morgan fingerprint density at radius 3 is 2.50 bits per heavy atom. The third-order valence-corrected chi connectivity index (χ3v) is 5.80. The third kappa shape index (κ3) is 4.15. The van der Waals surface area contributed by atoms with Gasteiger partial charge in [-0.2, -0.15) is 0 Å². The van der Waals surface area contributed by atoms with Crippen molar-refractivity contribution in [1.29, 1.82) is 0 Å². The van der Waals surface area contributed by atoms with Gasteiger partial charge in [-0.25, -0.2) is 8.78 Å². The standard InChI is InChI=1S/C26H20ClF2NO4/c1-3-34-21-12-16(7-9-18(21)27)24(31)22-23(15-6-4-5-14(2)11-15)30(26(33)25(22)32)17-8-10-19(28)20(29)13-17/h4-13,23,31H,3H2,1-2H3/b24-22+. The van der Waals surface area contributed by atoms with E-state index in [1.54, 1.807) is 25.1 Å². The third-order valence-electron chi connectivity index (χ3n) is 5.49. The summed E-state index contributed by atoms with van der Waals surface area (Å²) in [6, 6.07) is 13.4. The fourth-order valence-electron chi connectivity index (χ4n) is 3.96. The highest BCUT2D eigenvalue weighted by Gasteiger charge is 2.47. The predicted octanol–water partition coefficient (Wildman–Crippen LogP) is 5.95. The van der Waals surface area contributed by atoms with Crippen LogP contribution >= 0.6 is 11.6 Å². The van der Waals surface area contributed by atoms with Gasteiger partial charge in [0, 0.05) is 17.3 Å². The zero-order valence-electron chi connectivity index (χ0n) is 18.3. The molecule has 1 aliphatic rings. The van der Waals surface area contributed by atoms with E-state index in [2.05, 4.69) is 0 Å². The van der Waals surface area contributed by atoms with Gasteiger partial charge < -0.3 is 9.84 Å². The average Bonchev–Trinajstić information content (AvgIpc) is 3.07. The number of carbonyl (C=O) groups excluding carboxylic acids is 2. The lowest BCUT2D eigenvalue weighted by molar-refractivity contribution is -0.132. The number of carbonyl (C=O) groups is 2. The number of aliphatic hydroxyl groups excluding tert-OH is 1. The van der Waals surface area contributed by atoms with E-state index in [1.165, 1.54) is 24.3 Å². The van der Waals surface area contributed by atoms with Crippen LogP contribution in [0.4, 0.5) is 14.5 Å². The zero-order valence-corrected chi connectivity index (χ0v) is 19.1. The van der Waals surface area contributed by atoms with Crippen LogP contribution in [-0.2, 0) is 9.59 Å². The molecule has 0 aromatic heterocycles. The molecule has 1 unspecified atom stereocenters. The topological polar surface area (TPSA) is 66.8 Å². The van der Waals surface area contributed by atoms with Gasteiger partial charge in [0.05, 0.1) is 23.2 Å². The Labute approximate surface area is 199 Å². The molecule has 1 heterocycles. The van der Waals surface area contributed by atoms with E-state index in [1.807, 2.05) is 13.0 Å². The van der Waals surface area contributed by atoms with Gasteiger partial charge in [0.15, 0.2) is 11.6 Å². The molecule has 0 radical (unpaired) electrons. The molecule has 1 fully saturated rings. The van der Waals surface area contributed by atoms with Crippen LogP contribution in [0.5, 0.6) is 5.75 Å². The number of ketones is 1. The van der Waals surface area contributed by atoms with Crippen molar-refractivity contribution >= 4 is 34.7 Å². The molecule has 0 spiro atoms. The number of aryl methyl sites for hydroxylation is 1. The summed E-state index contributed by atoms with van der Waals surface area (Å²) in [6.45, 7) is 3.93. The molecule has 3 aromatic rings. The van der Waals surface area contributed by atoms with Crippen LogP contribution in [0.15, 0.2) is 66.2 Å². The maximum Gasteiger partial charge on any atom is 0.300 e. The Kier molecular flexibility index (Phi) is 6.39. The summed E-state index contributed by atoms with van der Waals surface area (Å²) in [6.07, 6.45) is 0. The number of rotatable bonds is 5. The summed E-state index contributed by atoms with van der Waals surface area (Å²) >= 11 is 6.15. The highest BCUT2D eigenvalue weighted by Crippen LogP contribution is 2.43. The van der Waals surface area contributed by atoms with Gasteiger partial charge in [0.25, 0.3) is 11.7 Å². The molecule has 34 heavy (non-hydrogen) atoms. The number of ether oxygens (including phenoxy) is 1. The van der Waals surface area contributed by atoms with Crippen LogP contribution in [0, 0.1) is 18.6 Å². The van der Waals surface area contributed by atoms with Crippen molar-refractivity contribution in [1.82, 2.24) is 0 Å². The van der Waals surface area contributed by atoms with Crippen LogP contribution in [0.25, 0.3) is 5.76 Å². The number of hydrogen-bond donors (Lipinski definition) is 1. The molecule has 8 heteroatoms. The van der Waals surface area contributed by atoms with Crippen molar-refractivity contribution in [3.63, 3.8) is 0 Å². The van der Waals surface area contributed by atoms with Crippen LogP contribution in [0.1, 0.15) is 29.7 Å². The Morgan fingerprint density at radius 1 is 1.06 bits per heavy atom. The summed E-state index contributed by atoms with van der Waals surface area (Å²) < 4.78 is 33.1. The van der Waals surface area contributed by atoms with Crippen LogP contribution in [0.2, 0.25) is 5.02 Å². The molecule has 0 saturated carbocycles. The zero-order chi connectivity index (χ0) is 24.6. The van der Waals surface area contributed by atoms with E-state index >= 15 is 0 Å². The molecule has 0 aliphatic carbocycles. The predicted molar refractivity (Wildman–Crippen MR) is 125 cm³/mol. The molecule has 1 saturated heterocycles. The molecule has 1 N–H and O–H groups in total. The maximum absolute atomic E-state index is 14.0.